The van der Waals surface area contributed by atoms with E-state index in [4.69, 9.17) is 5.11 Å². The molecule has 5 nitrogen and oxygen atoms in total. The molecule has 0 spiro atoms. The number of hydrogen-bond donors (Lipinski definition) is 2. The molecule has 0 radical (unpaired) electrons. The van der Waals surface area contributed by atoms with Crippen molar-refractivity contribution >= 4 is 12.0 Å². The summed E-state index contributed by atoms with van der Waals surface area (Å²) < 4.78 is 37.3. The minimum Gasteiger partial charge on any atom is -0.480 e. The van der Waals surface area contributed by atoms with Crippen LogP contribution in [0.15, 0.2) is 0 Å². The highest BCUT2D eigenvalue weighted by molar-refractivity contribution is 5.86. The fraction of sp³-hybridized carbons (Fsp3) is 0.833. The van der Waals surface area contributed by atoms with E-state index in [1.807, 2.05) is 0 Å². The number of carboxylic acids is 1. The van der Waals surface area contributed by atoms with Crippen LogP contribution in [0, 0.1) is 0 Å². The van der Waals surface area contributed by atoms with Gasteiger partial charge in [0, 0.05) is 6.04 Å². The molecule has 1 unspecified atom stereocenters. The van der Waals surface area contributed by atoms with Gasteiger partial charge in [-0.2, -0.15) is 13.2 Å². The lowest BCUT2D eigenvalue weighted by atomic mass is 9.96. The van der Waals surface area contributed by atoms with E-state index in [0.717, 1.165) is 0 Å². The van der Waals surface area contributed by atoms with E-state index in [-0.39, 0.29) is 6.42 Å². The molecule has 0 bridgehead atoms. The van der Waals surface area contributed by atoms with Crippen LogP contribution in [-0.4, -0.2) is 46.3 Å². The van der Waals surface area contributed by atoms with Gasteiger partial charge in [0.2, 0.25) is 0 Å². The molecule has 0 aliphatic heterocycles. The summed E-state index contributed by atoms with van der Waals surface area (Å²) in [6, 6.07) is -1.73. The topological polar surface area (TPSA) is 69.6 Å². The molecule has 2 amide bonds. The van der Waals surface area contributed by atoms with Gasteiger partial charge in [-0.25, -0.2) is 9.59 Å². The normalized spacial score (nSPS) is 14.8. The number of halogens is 3. The van der Waals surface area contributed by atoms with Crippen molar-refractivity contribution in [3.05, 3.63) is 0 Å². The van der Waals surface area contributed by atoms with Gasteiger partial charge in [0.15, 0.2) is 0 Å². The molecule has 0 aliphatic rings. The molecule has 0 aromatic carbocycles. The third-order valence-corrected chi connectivity index (χ3v) is 2.84. The van der Waals surface area contributed by atoms with Gasteiger partial charge in [-0.3, -0.25) is 0 Å². The summed E-state index contributed by atoms with van der Waals surface area (Å²) in [5.41, 5.74) is -1.58. The van der Waals surface area contributed by atoms with Gasteiger partial charge in [0.05, 0.1) is 0 Å². The Hall–Kier alpha value is -1.47. The van der Waals surface area contributed by atoms with Crippen molar-refractivity contribution in [2.75, 3.05) is 6.54 Å². The highest BCUT2D eigenvalue weighted by atomic mass is 19.4. The maximum absolute atomic E-state index is 12.4. The van der Waals surface area contributed by atoms with E-state index in [1.54, 1.807) is 6.92 Å². The van der Waals surface area contributed by atoms with E-state index in [1.165, 1.54) is 20.8 Å². The number of carbonyl (C=O) groups excluding carboxylic acids is 1. The minimum absolute atomic E-state index is 0.131. The number of carbonyl (C=O) groups is 2. The first-order valence-electron chi connectivity index (χ1n) is 6.32. The zero-order valence-electron chi connectivity index (χ0n) is 12.0. The van der Waals surface area contributed by atoms with Crippen LogP contribution in [0.5, 0.6) is 0 Å². The van der Waals surface area contributed by atoms with Crippen molar-refractivity contribution in [3.8, 4) is 0 Å². The third-order valence-electron chi connectivity index (χ3n) is 2.84. The van der Waals surface area contributed by atoms with Crippen LogP contribution in [0.2, 0.25) is 0 Å². The lowest BCUT2D eigenvalue weighted by Gasteiger charge is -2.33. The molecule has 2 N–H and O–H groups in total. The van der Waals surface area contributed by atoms with Crippen molar-refractivity contribution in [2.45, 2.75) is 58.3 Å². The Morgan fingerprint density at radius 2 is 1.80 bits per heavy atom. The smallest absolute Gasteiger partial charge is 0.406 e. The zero-order valence-corrected chi connectivity index (χ0v) is 12.0. The van der Waals surface area contributed by atoms with Crippen molar-refractivity contribution < 1.29 is 27.9 Å². The first-order chi connectivity index (χ1) is 8.93. The van der Waals surface area contributed by atoms with Crippen LogP contribution in [0.1, 0.15) is 40.5 Å². The SMILES string of the molecule is CCCC(C)(NC(=O)N(CC(F)(F)F)C(C)C)C(=O)O. The average molecular weight is 298 g/mol. The number of hydrogen-bond acceptors (Lipinski definition) is 2. The second-order valence-electron chi connectivity index (χ2n) is 5.15. The van der Waals surface area contributed by atoms with Gasteiger partial charge >= 0.3 is 18.2 Å². The summed E-state index contributed by atoms with van der Waals surface area (Å²) in [5.74, 6) is -1.27. The van der Waals surface area contributed by atoms with Crippen LogP contribution >= 0.6 is 0 Å². The van der Waals surface area contributed by atoms with E-state index in [9.17, 15) is 22.8 Å². The summed E-state index contributed by atoms with van der Waals surface area (Å²) in [4.78, 5) is 23.6. The number of nitrogens with one attached hydrogen (secondary N) is 1. The standard InChI is InChI=1S/C12H21F3N2O3/c1-5-6-11(4,9(18)19)16-10(20)17(8(2)3)7-12(13,14)15/h8H,5-7H2,1-4H3,(H,16,20)(H,18,19). The third kappa shape index (κ3) is 5.66. The number of nitrogens with zero attached hydrogens (tertiary/aromatic N) is 1. The van der Waals surface area contributed by atoms with E-state index < -0.39 is 36.3 Å². The molecular formula is C12H21F3N2O3. The summed E-state index contributed by atoms with van der Waals surface area (Å²) in [5, 5.41) is 11.3. The Labute approximate surface area is 116 Å². The Morgan fingerprint density at radius 3 is 2.10 bits per heavy atom. The number of amides is 2. The summed E-state index contributed by atoms with van der Waals surface area (Å²) >= 11 is 0. The first kappa shape index (κ1) is 18.5. The highest BCUT2D eigenvalue weighted by Gasteiger charge is 2.39. The molecule has 0 aliphatic carbocycles. The van der Waals surface area contributed by atoms with Crippen LogP contribution in [0.3, 0.4) is 0 Å². The zero-order chi connectivity index (χ0) is 16.1. The van der Waals surface area contributed by atoms with E-state index >= 15 is 0 Å². The molecule has 0 saturated carbocycles. The Bertz CT molecular complexity index is 358. The molecule has 0 saturated heterocycles. The Morgan fingerprint density at radius 1 is 1.30 bits per heavy atom. The lowest BCUT2D eigenvalue weighted by Crippen LogP contribution is -2.58. The predicted octanol–water partition coefficient (Wildman–Crippen LogP) is 2.61. The quantitative estimate of drug-likeness (QED) is 0.792. The van der Waals surface area contributed by atoms with Gasteiger partial charge in [-0.1, -0.05) is 13.3 Å². The van der Waals surface area contributed by atoms with Gasteiger partial charge in [0.1, 0.15) is 12.1 Å². The van der Waals surface area contributed by atoms with E-state index in [0.29, 0.717) is 11.3 Å². The molecule has 0 aromatic heterocycles. The number of aliphatic carboxylic acids is 1. The van der Waals surface area contributed by atoms with Crippen molar-refractivity contribution in [1.29, 1.82) is 0 Å². The second-order valence-corrected chi connectivity index (χ2v) is 5.15. The number of alkyl halides is 3. The number of rotatable bonds is 6. The van der Waals surface area contributed by atoms with Crippen molar-refractivity contribution in [2.24, 2.45) is 0 Å². The summed E-state index contributed by atoms with van der Waals surface area (Å²) in [6.07, 6.45) is -3.93. The largest absolute Gasteiger partial charge is 0.480 e. The fourth-order valence-electron chi connectivity index (χ4n) is 1.71. The van der Waals surface area contributed by atoms with Crippen LogP contribution < -0.4 is 5.32 Å². The molecule has 118 valence electrons. The monoisotopic (exact) mass is 298 g/mol. The Kier molecular flexibility index (Phi) is 6.31. The molecular weight excluding hydrogens is 277 g/mol. The molecule has 1 atom stereocenters. The molecule has 8 heteroatoms. The molecule has 0 heterocycles. The average Bonchev–Trinajstić information content (AvgIpc) is 2.24. The highest BCUT2D eigenvalue weighted by Crippen LogP contribution is 2.19. The first-order valence-corrected chi connectivity index (χ1v) is 6.32. The Balaban J connectivity index is 5.04. The lowest BCUT2D eigenvalue weighted by molar-refractivity contribution is -0.145. The fourth-order valence-corrected chi connectivity index (χ4v) is 1.71. The molecule has 0 fully saturated rings. The minimum atomic E-state index is -4.54. The van der Waals surface area contributed by atoms with Crippen LogP contribution in [0.25, 0.3) is 0 Å². The molecule has 0 rings (SSSR count). The maximum Gasteiger partial charge on any atom is 0.406 e. The van der Waals surface area contributed by atoms with Crippen LogP contribution in [-0.2, 0) is 4.79 Å². The van der Waals surface area contributed by atoms with Crippen molar-refractivity contribution in [1.82, 2.24) is 10.2 Å². The predicted molar refractivity (Wildman–Crippen MR) is 67.4 cm³/mol. The van der Waals surface area contributed by atoms with Crippen molar-refractivity contribution in [3.63, 3.8) is 0 Å². The van der Waals surface area contributed by atoms with E-state index in [2.05, 4.69) is 5.32 Å². The molecule has 20 heavy (non-hydrogen) atoms. The van der Waals surface area contributed by atoms with Gasteiger partial charge in [0.25, 0.3) is 0 Å². The van der Waals surface area contributed by atoms with Gasteiger partial charge in [-0.05, 0) is 27.2 Å². The maximum atomic E-state index is 12.4. The van der Waals surface area contributed by atoms with Gasteiger partial charge in [-0.15, -0.1) is 0 Å². The second kappa shape index (κ2) is 6.81. The number of carboxylic acid groups (broad SMARTS) is 1. The summed E-state index contributed by atoms with van der Waals surface area (Å²) in [6.45, 7) is 4.46. The number of urea groups is 1. The molecule has 0 aromatic rings. The van der Waals surface area contributed by atoms with Crippen LogP contribution in [0.4, 0.5) is 18.0 Å². The van der Waals surface area contributed by atoms with Gasteiger partial charge < -0.3 is 15.3 Å². The summed E-state index contributed by atoms with van der Waals surface area (Å²) in [7, 11) is 0.